The summed E-state index contributed by atoms with van der Waals surface area (Å²) in [4.78, 5) is 28.8. The monoisotopic (exact) mass is 423 g/mol. The third-order valence-corrected chi connectivity index (χ3v) is 4.99. The summed E-state index contributed by atoms with van der Waals surface area (Å²) >= 11 is 0. The topological polar surface area (TPSA) is 82.5 Å². The fraction of sp³-hybridized carbons (Fsp3) is 0.0385. The van der Waals surface area contributed by atoms with E-state index in [0.717, 1.165) is 16.5 Å². The number of nitrogens with zero attached hydrogens (tertiary/aromatic N) is 1. The SMILES string of the molecule is Cc1cc(=O)oc2cc(O/C(=C\c3ccccc3)c3nc4ccccc4c(=O)o3)ccc12. The summed E-state index contributed by atoms with van der Waals surface area (Å²) in [6, 6.07) is 23.1. The Hall–Kier alpha value is -4.45. The van der Waals surface area contributed by atoms with Crippen LogP contribution in [0.3, 0.4) is 0 Å². The number of aryl methyl sites for hydroxylation is 1. The highest BCUT2D eigenvalue weighted by Gasteiger charge is 2.15. The van der Waals surface area contributed by atoms with Crippen molar-refractivity contribution in [3.8, 4) is 5.75 Å². The van der Waals surface area contributed by atoms with Crippen LogP contribution in [0.25, 0.3) is 33.7 Å². The van der Waals surface area contributed by atoms with E-state index >= 15 is 0 Å². The molecule has 6 nitrogen and oxygen atoms in total. The summed E-state index contributed by atoms with van der Waals surface area (Å²) < 4.78 is 16.9. The van der Waals surface area contributed by atoms with Gasteiger partial charge in [0, 0.05) is 17.5 Å². The second-order valence-electron chi connectivity index (χ2n) is 7.25. The first-order chi connectivity index (χ1) is 15.6. The summed E-state index contributed by atoms with van der Waals surface area (Å²) in [7, 11) is 0. The van der Waals surface area contributed by atoms with Crippen molar-refractivity contribution in [1.29, 1.82) is 0 Å². The maximum atomic E-state index is 12.5. The highest BCUT2D eigenvalue weighted by atomic mass is 16.5. The van der Waals surface area contributed by atoms with Crippen LogP contribution in [0, 0.1) is 6.92 Å². The third kappa shape index (κ3) is 3.81. The van der Waals surface area contributed by atoms with Gasteiger partial charge in [-0.05, 0) is 48.4 Å². The molecule has 0 bridgehead atoms. The lowest BCUT2D eigenvalue weighted by atomic mass is 10.1. The van der Waals surface area contributed by atoms with Crippen LogP contribution in [0.15, 0.2) is 97.3 Å². The molecule has 6 heteroatoms. The van der Waals surface area contributed by atoms with E-state index in [1.54, 1.807) is 42.5 Å². The maximum absolute atomic E-state index is 12.5. The molecule has 0 aliphatic heterocycles. The Kier molecular flexibility index (Phi) is 4.88. The molecule has 32 heavy (non-hydrogen) atoms. The summed E-state index contributed by atoms with van der Waals surface area (Å²) in [6.45, 7) is 1.84. The first-order valence-electron chi connectivity index (χ1n) is 9.96. The molecule has 5 aromatic rings. The van der Waals surface area contributed by atoms with E-state index in [9.17, 15) is 9.59 Å². The fourth-order valence-corrected chi connectivity index (χ4v) is 3.46. The molecule has 0 N–H and O–H groups in total. The van der Waals surface area contributed by atoms with Crippen molar-refractivity contribution in [2.75, 3.05) is 0 Å². The van der Waals surface area contributed by atoms with E-state index in [4.69, 9.17) is 13.6 Å². The van der Waals surface area contributed by atoms with Crippen LogP contribution in [0.2, 0.25) is 0 Å². The molecule has 156 valence electrons. The molecule has 0 aliphatic carbocycles. The zero-order valence-corrected chi connectivity index (χ0v) is 17.1. The van der Waals surface area contributed by atoms with Gasteiger partial charge in [0.2, 0.25) is 0 Å². The Morgan fingerprint density at radius 3 is 2.50 bits per heavy atom. The molecular weight excluding hydrogens is 406 g/mol. The summed E-state index contributed by atoms with van der Waals surface area (Å²) in [5.74, 6) is 0.697. The van der Waals surface area contributed by atoms with Crippen molar-refractivity contribution >= 4 is 33.7 Å². The van der Waals surface area contributed by atoms with Crippen LogP contribution in [-0.2, 0) is 0 Å². The Labute approximate surface area is 182 Å². The van der Waals surface area contributed by atoms with Gasteiger partial charge < -0.3 is 13.6 Å². The maximum Gasteiger partial charge on any atom is 0.347 e. The number of fused-ring (bicyclic) bond motifs is 2. The molecular formula is C26H17NO5. The van der Waals surface area contributed by atoms with Gasteiger partial charge in [0.15, 0.2) is 5.76 Å². The lowest BCUT2D eigenvalue weighted by molar-refractivity contribution is 0.431. The van der Waals surface area contributed by atoms with Crippen molar-refractivity contribution in [2.24, 2.45) is 0 Å². The highest BCUT2D eigenvalue weighted by Crippen LogP contribution is 2.27. The highest BCUT2D eigenvalue weighted by molar-refractivity contribution is 5.83. The predicted molar refractivity (Wildman–Crippen MR) is 122 cm³/mol. The molecule has 0 fully saturated rings. The van der Waals surface area contributed by atoms with Crippen LogP contribution >= 0.6 is 0 Å². The van der Waals surface area contributed by atoms with Crippen molar-refractivity contribution in [3.63, 3.8) is 0 Å². The summed E-state index contributed by atoms with van der Waals surface area (Å²) in [5, 5.41) is 1.19. The zero-order chi connectivity index (χ0) is 22.1. The van der Waals surface area contributed by atoms with Crippen LogP contribution in [0.1, 0.15) is 17.0 Å². The van der Waals surface area contributed by atoms with E-state index in [1.165, 1.54) is 6.07 Å². The average Bonchev–Trinajstić information content (AvgIpc) is 2.79. The summed E-state index contributed by atoms with van der Waals surface area (Å²) in [5.41, 5.74) is 1.61. The number of rotatable bonds is 4. The van der Waals surface area contributed by atoms with Crippen LogP contribution < -0.4 is 16.0 Å². The largest absolute Gasteiger partial charge is 0.451 e. The van der Waals surface area contributed by atoms with Gasteiger partial charge in [-0.25, -0.2) is 14.6 Å². The molecule has 5 rings (SSSR count). The number of aromatic nitrogens is 1. The smallest absolute Gasteiger partial charge is 0.347 e. The van der Waals surface area contributed by atoms with Crippen molar-refractivity contribution in [2.45, 2.75) is 6.92 Å². The zero-order valence-electron chi connectivity index (χ0n) is 17.1. The number of para-hydroxylation sites is 1. The minimum absolute atomic E-state index is 0.0448. The Bertz CT molecular complexity index is 1600. The van der Waals surface area contributed by atoms with E-state index in [2.05, 4.69) is 4.98 Å². The Morgan fingerprint density at radius 1 is 0.875 bits per heavy atom. The number of ether oxygens (including phenoxy) is 1. The van der Waals surface area contributed by atoms with E-state index in [1.807, 2.05) is 43.3 Å². The third-order valence-electron chi connectivity index (χ3n) is 4.99. The molecule has 0 radical (unpaired) electrons. The normalized spacial score (nSPS) is 11.7. The minimum Gasteiger partial charge on any atom is -0.451 e. The van der Waals surface area contributed by atoms with Gasteiger partial charge in [-0.3, -0.25) is 0 Å². The second kappa shape index (κ2) is 8.00. The van der Waals surface area contributed by atoms with Crippen molar-refractivity contribution in [1.82, 2.24) is 4.98 Å². The molecule has 0 spiro atoms. The van der Waals surface area contributed by atoms with E-state index < -0.39 is 11.3 Å². The lowest BCUT2D eigenvalue weighted by Crippen LogP contribution is -2.07. The molecule has 0 amide bonds. The molecule has 0 saturated carbocycles. The van der Waals surface area contributed by atoms with Crippen molar-refractivity contribution < 1.29 is 13.6 Å². The van der Waals surface area contributed by atoms with Crippen molar-refractivity contribution in [3.05, 3.63) is 117 Å². The Morgan fingerprint density at radius 2 is 1.66 bits per heavy atom. The van der Waals surface area contributed by atoms with Gasteiger partial charge in [-0.15, -0.1) is 0 Å². The average molecular weight is 423 g/mol. The summed E-state index contributed by atoms with van der Waals surface area (Å²) in [6.07, 6.45) is 1.73. The molecule has 2 heterocycles. The van der Waals surface area contributed by atoms with Gasteiger partial charge in [-0.1, -0.05) is 42.5 Å². The molecule has 0 saturated heterocycles. The first kappa shape index (κ1) is 19.5. The standard InChI is InChI=1S/C26H17NO5/c1-16-13-24(28)31-22-15-18(11-12-19(16)22)30-23(14-17-7-3-2-4-8-17)25-27-21-10-6-5-9-20(21)26(29)32-25/h2-15H,1H3/b23-14-. The molecule has 3 aromatic carbocycles. The van der Waals surface area contributed by atoms with Crippen LogP contribution in [0.5, 0.6) is 5.75 Å². The van der Waals surface area contributed by atoms with E-state index in [0.29, 0.717) is 22.2 Å². The van der Waals surface area contributed by atoms with Gasteiger partial charge in [-0.2, -0.15) is 0 Å². The molecule has 0 aliphatic rings. The van der Waals surface area contributed by atoms with Crippen LogP contribution in [0.4, 0.5) is 0 Å². The van der Waals surface area contributed by atoms with E-state index in [-0.39, 0.29) is 11.6 Å². The quantitative estimate of drug-likeness (QED) is 0.293. The van der Waals surface area contributed by atoms with Gasteiger partial charge in [0.25, 0.3) is 5.89 Å². The number of benzene rings is 3. The second-order valence-corrected chi connectivity index (χ2v) is 7.25. The van der Waals surface area contributed by atoms with Gasteiger partial charge in [0.1, 0.15) is 11.3 Å². The first-order valence-corrected chi connectivity index (χ1v) is 9.96. The fourth-order valence-electron chi connectivity index (χ4n) is 3.46. The Balaban J connectivity index is 1.65. The van der Waals surface area contributed by atoms with Gasteiger partial charge in [0.05, 0.1) is 10.9 Å². The molecule has 0 unspecified atom stereocenters. The lowest BCUT2D eigenvalue weighted by Gasteiger charge is -2.10. The van der Waals surface area contributed by atoms with Crippen LogP contribution in [-0.4, -0.2) is 4.98 Å². The van der Waals surface area contributed by atoms with Gasteiger partial charge >= 0.3 is 11.3 Å². The molecule has 0 atom stereocenters. The predicted octanol–water partition coefficient (Wildman–Crippen LogP) is 5.18. The number of hydrogen-bond acceptors (Lipinski definition) is 6. The minimum atomic E-state index is -0.506. The molecule has 2 aromatic heterocycles. The number of hydrogen-bond donors (Lipinski definition) is 0.